The molecule has 4 nitrogen and oxygen atoms in total. The van der Waals surface area contributed by atoms with E-state index in [9.17, 15) is 4.79 Å². The van der Waals surface area contributed by atoms with Gasteiger partial charge in [0.2, 0.25) is 0 Å². The quantitative estimate of drug-likeness (QED) is 0.370. The molecule has 148 valence electrons. The van der Waals surface area contributed by atoms with E-state index in [1.165, 1.54) is 5.56 Å². The monoisotopic (exact) mass is 407 g/mol. The third-order valence-electron chi connectivity index (χ3n) is 5.41. The molecule has 0 fully saturated rings. The van der Waals surface area contributed by atoms with E-state index in [4.69, 9.17) is 21.4 Å². The molecule has 1 atom stereocenters. The van der Waals surface area contributed by atoms with Gasteiger partial charge in [-0.25, -0.2) is 4.79 Å². The molecule has 0 radical (unpaired) electrons. The molecule has 0 amide bonds. The van der Waals surface area contributed by atoms with Crippen LogP contribution >= 0.6 is 11.6 Å². The van der Waals surface area contributed by atoms with Gasteiger partial charge in [-0.3, -0.25) is 0 Å². The highest BCUT2D eigenvalue weighted by Crippen LogP contribution is 2.46. The fraction of sp³-hybridized carbons (Fsp3) is 0.208. The van der Waals surface area contributed by atoms with Crippen LogP contribution in [0.5, 0.6) is 5.75 Å². The van der Waals surface area contributed by atoms with E-state index in [1.807, 2.05) is 30.3 Å². The van der Waals surface area contributed by atoms with Crippen LogP contribution in [0.4, 0.5) is 10.5 Å². The number of fused-ring (bicyclic) bond motifs is 1. The lowest BCUT2D eigenvalue weighted by atomic mass is 9.72. The average Bonchev–Trinajstić information content (AvgIpc) is 2.67. The first-order valence-corrected chi connectivity index (χ1v) is 9.86. The molecule has 0 aromatic heterocycles. The number of ether oxygens (including phenoxy) is 1. The molecular formula is C24H22ClNO3. The zero-order valence-corrected chi connectivity index (χ0v) is 17.0. The molecule has 0 spiro atoms. The van der Waals surface area contributed by atoms with Crippen LogP contribution in [-0.2, 0) is 6.42 Å². The van der Waals surface area contributed by atoms with Gasteiger partial charge in [0.05, 0.1) is 6.04 Å². The predicted molar refractivity (Wildman–Crippen MR) is 116 cm³/mol. The van der Waals surface area contributed by atoms with Crippen molar-refractivity contribution in [1.82, 2.24) is 0 Å². The van der Waals surface area contributed by atoms with E-state index >= 15 is 0 Å². The minimum Gasteiger partial charge on any atom is -0.449 e. The summed E-state index contributed by atoms with van der Waals surface area (Å²) in [6.45, 7) is 4.43. The van der Waals surface area contributed by atoms with Crippen LogP contribution in [-0.4, -0.2) is 11.3 Å². The number of rotatable bonds is 3. The second-order valence-electron chi connectivity index (χ2n) is 8.06. The van der Waals surface area contributed by atoms with Crippen molar-refractivity contribution in [2.75, 3.05) is 5.32 Å². The van der Waals surface area contributed by atoms with E-state index in [0.29, 0.717) is 5.75 Å². The van der Waals surface area contributed by atoms with Gasteiger partial charge >= 0.3 is 6.16 Å². The number of hydrogen-bond acceptors (Lipinski definition) is 3. The Balaban J connectivity index is 1.66. The van der Waals surface area contributed by atoms with Crippen LogP contribution in [0, 0.1) is 5.41 Å². The standard InChI is InChI=1S/C24H22ClNO3/c1-24(2)14-18-13-20(29-23(27)28)10-11-21(18)26-22(24)17-5-3-4-16(12-17)15-6-8-19(25)9-7-15/h3-13,22,26H,14H2,1-2H3,(H,27,28). The Morgan fingerprint density at radius 2 is 1.83 bits per heavy atom. The lowest BCUT2D eigenvalue weighted by Gasteiger charge is -2.41. The summed E-state index contributed by atoms with van der Waals surface area (Å²) in [5.41, 5.74) is 5.46. The molecule has 1 aliphatic heterocycles. The van der Waals surface area contributed by atoms with Crippen molar-refractivity contribution in [2.45, 2.75) is 26.3 Å². The van der Waals surface area contributed by atoms with Gasteiger partial charge in [0.25, 0.3) is 0 Å². The zero-order valence-electron chi connectivity index (χ0n) is 16.3. The SMILES string of the molecule is CC1(C)Cc2cc(OC(=O)O)ccc2NC1c1cccc(-c2ccc(Cl)cc2)c1. The lowest BCUT2D eigenvalue weighted by molar-refractivity contribution is 0.144. The first-order valence-electron chi connectivity index (χ1n) is 9.48. The fourth-order valence-corrected chi connectivity index (χ4v) is 4.17. The Kier molecular flexibility index (Phi) is 4.97. The predicted octanol–water partition coefficient (Wildman–Crippen LogP) is 6.80. The highest BCUT2D eigenvalue weighted by molar-refractivity contribution is 6.30. The second kappa shape index (κ2) is 7.45. The van der Waals surface area contributed by atoms with E-state index in [2.05, 4.69) is 43.4 Å². The summed E-state index contributed by atoms with van der Waals surface area (Å²) < 4.78 is 4.81. The van der Waals surface area contributed by atoms with Crippen LogP contribution in [0.1, 0.15) is 31.0 Å². The van der Waals surface area contributed by atoms with Gasteiger partial charge in [-0.2, -0.15) is 0 Å². The number of hydrogen-bond donors (Lipinski definition) is 2. The summed E-state index contributed by atoms with van der Waals surface area (Å²) in [6.07, 6.45) is -0.494. The summed E-state index contributed by atoms with van der Waals surface area (Å²) >= 11 is 6.02. The molecule has 0 saturated heterocycles. The Bertz CT molecular complexity index is 1060. The van der Waals surface area contributed by atoms with Crippen molar-refractivity contribution >= 4 is 23.4 Å². The topological polar surface area (TPSA) is 58.6 Å². The smallest absolute Gasteiger partial charge is 0.449 e. The van der Waals surface area contributed by atoms with Crippen LogP contribution < -0.4 is 10.1 Å². The van der Waals surface area contributed by atoms with E-state index in [-0.39, 0.29) is 11.5 Å². The van der Waals surface area contributed by atoms with Crippen molar-refractivity contribution in [3.8, 4) is 16.9 Å². The van der Waals surface area contributed by atoms with Gasteiger partial charge in [0.1, 0.15) is 5.75 Å². The summed E-state index contributed by atoms with van der Waals surface area (Å²) in [4.78, 5) is 10.8. The van der Waals surface area contributed by atoms with Crippen LogP contribution in [0.2, 0.25) is 5.02 Å². The number of benzene rings is 3. The Morgan fingerprint density at radius 1 is 1.07 bits per heavy atom. The van der Waals surface area contributed by atoms with Gasteiger partial charge in [0, 0.05) is 10.7 Å². The molecule has 4 rings (SSSR count). The van der Waals surface area contributed by atoms with Gasteiger partial charge in [-0.1, -0.05) is 55.8 Å². The molecule has 29 heavy (non-hydrogen) atoms. The zero-order chi connectivity index (χ0) is 20.6. The van der Waals surface area contributed by atoms with Crippen LogP contribution in [0.25, 0.3) is 11.1 Å². The van der Waals surface area contributed by atoms with Gasteiger partial charge in [-0.15, -0.1) is 0 Å². The molecule has 0 saturated carbocycles. The molecule has 2 N–H and O–H groups in total. The number of anilines is 1. The first kappa shape index (κ1) is 19.3. The van der Waals surface area contributed by atoms with E-state index in [1.54, 1.807) is 12.1 Å². The van der Waals surface area contributed by atoms with Crippen LogP contribution in [0.15, 0.2) is 66.7 Å². The molecule has 5 heteroatoms. The largest absolute Gasteiger partial charge is 0.511 e. The summed E-state index contributed by atoms with van der Waals surface area (Å²) in [5.74, 6) is 0.344. The maximum Gasteiger partial charge on any atom is 0.511 e. The minimum absolute atomic E-state index is 0.0759. The van der Waals surface area contributed by atoms with Crippen molar-refractivity contribution < 1.29 is 14.6 Å². The van der Waals surface area contributed by atoms with E-state index in [0.717, 1.165) is 33.8 Å². The molecule has 1 unspecified atom stereocenters. The Hall–Kier alpha value is -2.98. The average molecular weight is 408 g/mol. The second-order valence-corrected chi connectivity index (χ2v) is 8.50. The van der Waals surface area contributed by atoms with Crippen molar-refractivity contribution in [2.24, 2.45) is 5.41 Å². The molecule has 0 aliphatic carbocycles. The first-order chi connectivity index (χ1) is 13.8. The van der Waals surface area contributed by atoms with E-state index < -0.39 is 6.16 Å². The number of carboxylic acid groups (broad SMARTS) is 1. The molecule has 3 aromatic rings. The van der Waals surface area contributed by atoms with Crippen molar-refractivity contribution in [3.05, 3.63) is 82.9 Å². The van der Waals surface area contributed by atoms with Crippen molar-refractivity contribution in [1.29, 1.82) is 0 Å². The fourth-order valence-electron chi connectivity index (χ4n) is 4.04. The normalized spacial score (nSPS) is 17.1. The Labute approximate surface area is 175 Å². The number of nitrogens with one attached hydrogen (secondary N) is 1. The summed E-state index contributed by atoms with van der Waals surface area (Å²) in [5, 5.41) is 13.2. The third kappa shape index (κ3) is 4.08. The van der Waals surface area contributed by atoms with Gasteiger partial charge in [0.15, 0.2) is 0 Å². The van der Waals surface area contributed by atoms with Gasteiger partial charge in [-0.05, 0) is 70.5 Å². The maximum absolute atomic E-state index is 10.8. The third-order valence-corrected chi connectivity index (χ3v) is 5.66. The van der Waals surface area contributed by atoms with Crippen LogP contribution in [0.3, 0.4) is 0 Å². The molecule has 1 aliphatic rings. The highest BCUT2D eigenvalue weighted by Gasteiger charge is 2.36. The highest BCUT2D eigenvalue weighted by atomic mass is 35.5. The number of carbonyl (C=O) groups is 1. The molecule has 0 bridgehead atoms. The maximum atomic E-state index is 10.8. The Morgan fingerprint density at radius 3 is 2.55 bits per heavy atom. The molecule has 1 heterocycles. The minimum atomic E-state index is -1.30. The lowest BCUT2D eigenvalue weighted by Crippen LogP contribution is -2.35. The van der Waals surface area contributed by atoms with Crippen molar-refractivity contribution in [3.63, 3.8) is 0 Å². The van der Waals surface area contributed by atoms with Gasteiger partial charge < -0.3 is 15.2 Å². The molecular weight excluding hydrogens is 386 g/mol. The summed E-state index contributed by atoms with van der Waals surface area (Å²) in [7, 11) is 0. The summed E-state index contributed by atoms with van der Waals surface area (Å²) in [6, 6.07) is 21.9. The number of halogens is 1. The molecule has 3 aromatic carbocycles.